The lowest BCUT2D eigenvalue weighted by atomic mass is 9.49. The van der Waals surface area contributed by atoms with E-state index in [1.807, 2.05) is 0 Å². The van der Waals surface area contributed by atoms with Crippen LogP contribution in [0.4, 0.5) is 0 Å². The van der Waals surface area contributed by atoms with Crippen LogP contribution in [0.15, 0.2) is 0 Å². The van der Waals surface area contributed by atoms with Gasteiger partial charge in [-0.15, -0.1) is 0 Å². The maximum Gasteiger partial charge on any atom is 0.161 e. The fourth-order valence-corrected chi connectivity index (χ4v) is 7.42. The molecule has 3 nitrogen and oxygen atoms in total. The third-order valence-electron chi connectivity index (χ3n) is 8.66. The Morgan fingerprint density at radius 2 is 1.70 bits per heavy atom. The van der Waals surface area contributed by atoms with Gasteiger partial charge in [0.05, 0.1) is 6.10 Å². The first-order valence-electron chi connectivity index (χ1n) is 9.78. The van der Waals surface area contributed by atoms with Crippen molar-refractivity contribution in [2.45, 2.75) is 83.3 Å². The Hall–Kier alpha value is -0.410. The van der Waals surface area contributed by atoms with Crippen LogP contribution in [-0.4, -0.2) is 27.7 Å². The molecule has 0 aromatic heterocycles. The van der Waals surface area contributed by atoms with Crippen molar-refractivity contribution in [2.24, 2.45) is 35.0 Å². The maximum atomic E-state index is 12.2. The van der Waals surface area contributed by atoms with E-state index in [9.17, 15) is 15.0 Å². The summed E-state index contributed by atoms with van der Waals surface area (Å²) in [5.74, 6) is 3.47. The van der Waals surface area contributed by atoms with Crippen molar-refractivity contribution in [3.8, 4) is 0 Å². The van der Waals surface area contributed by atoms with Gasteiger partial charge in [0.2, 0.25) is 0 Å². The summed E-state index contributed by atoms with van der Waals surface area (Å²) in [6.07, 6.45) is 9.44. The second kappa shape index (κ2) is 5.29. The van der Waals surface area contributed by atoms with E-state index in [1.165, 1.54) is 25.7 Å². The Morgan fingerprint density at radius 3 is 2.43 bits per heavy atom. The standard InChI is InChI=1S/C20H32O3/c1-12(21)20(23)10-8-18-17-5-3-13-11-14(22)4-6-15(13)16(17)7-9-19(18,20)2/h13-18,22-23H,3-11H2,1-2H3/t13-,14-,15+,16-,17-,18+,19+,20-/m1/s1. The van der Waals surface area contributed by atoms with Crippen LogP contribution in [0.5, 0.6) is 0 Å². The molecular formula is C20H32O3. The van der Waals surface area contributed by atoms with E-state index in [2.05, 4.69) is 6.92 Å². The SMILES string of the molecule is CC(=O)[C@]1(O)CC[C@H]2[C@@H]3CC[C@@H]4C[C@H](O)CC[C@@H]4[C@H]3CC[C@@]21C. The van der Waals surface area contributed by atoms with Gasteiger partial charge in [0, 0.05) is 5.41 Å². The lowest BCUT2D eigenvalue weighted by Gasteiger charge is -2.57. The molecule has 2 N–H and O–H groups in total. The molecule has 0 bridgehead atoms. The van der Waals surface area contributed by atoms with Crippen LogP contribution in [0.2, 0.25) is 0 Å². The molecule has 4 aliphatic rings. The van der Waals surface area contributed by atoms with Gasteiger partial charge in [-0.2, -0.15) is 0 Å². The van der Waals surface area contributed by atoms with Crippen molar-refractivity contribution < 1.29 is 15.0 Å². The van der Waals surface area contributed by atoms with E-state index >= 15 is 0 Å². The quantitative estimate of drug-likeness (QED) is 0.779. The summed E-state index contributed by atoms with van der Waals surface area (Å²) in [6.45, 7) is 3.78. The summed E-state index contributed by atoms with van der Waals surface area (Å²) in [5.41, 5.74) is -1.29. The molecule has 130 valence electrons. The van der Waals surface area contributed by atoms with Gasteiger partial charge in [-0.05, 0) is 94.3 Å². The van der Waals surface area contributed by atoms with Crippen LogP contribution in [0.25, 0.3) is 0 Å². The van der Waals surface area contributed by atoms with Gasteiger partial charge in [0.25, 0.3) is 0 Å². The lowest BCUT2D eigenvalue weighted by molar-refractivity contribution is -0.161. The summed E-state index contributed by atoms with van der Waals surface area (Å²) in [4.78, 5) is 12.2. The predicted molar refractivity (Wildman–Crippen MR) is 88.7 cm³/mol. The molecule has 4 saturated carbocycles. The van der Waals surface area contributed by atoms with Crippen molar-refractivity contribution in [1.29, 1.82) is 0 Å². The highest BCUT2D eigenvalue weighted by atomic mass is 16.3. The smallest absolute Gasteiger partial charge is 0.161 e. The minimum atomic E-state index is -1.08. The Labute approximate surface area is 139 Å². The molecule has 0 radical (unpaired) electrons. The minimum absolute atomic E-state index is 0.0181. The molecule has 4 rings (SSSR count). The fourth-order valence-electron chi connectivity index (χ4n) is 7.42. The zero-order chi connectivity index (χ0) is 16.4. The highest BCUT2D eigenvalue weighted by Gasteiger charge is 2.64. The third-order valence-corrected chi connectivity index (χ3v) is 8.66. The summed E-state index contributed by atoms with van der Waals surface area (Å²) in [6, 6.07) is 0. The van der Waals surface area contributed by atoms with Crippen molar-refractivity contribution >= 4 is 5.78 Å². The molecule has 0 aromatic rings. The van der Waals surface area contributed by atoms with Crippen LogP contribution in [0.3, 0.4) is 0 Å². The third kappa shape index (κ3) is 2.12. The van der Waals surface area contributed by atoms with Crippen LogP contribution >= 0.6 is 0 Å². The molecule has 4 aliphatic carbocycles. The van der Waals surface area contributed by atoms with Gasteiger partial charge in [-0.1, -0.05) is 6.92 Å². The number of fused-ring (bicyclic) bond motifs is 5. The number of aliphatic hydroxyl groups excluding tert-OH is 1. The Bertz CT molecular complexity index is 503. The fraction of sp³-hybridized carbons (Fsp3) is 0.950. The first-order valence-corrected chi connectivity index (χ1v) is 9.78. The second-order valence-electron chi connectivity index (χ2n) is 9.31. The number of carbonyl (C=O) groups excluding carboxylic acids is 1. The summed E-state index contributed by atoms with van der Waals surface area (Å²) < 4.78 is 0. The van der Waals surface area contributed by atoms with E-state index in [4.69, 9.17) is 0 Å². The topological polar surface area (TPSA) is 57.5 Å². The average molecular weight is 320 g/mol. The largest absolute Gasteiger partial charge is 0.393 e. The molecule has 23 heavy (non-hydrogen) atoms. The summed E-state index contributed by atoms with van der Waals surface area (Å²) in [5, 5.41) is 21.1. The van der Waals surface area contributed by atoms with Crippen molar-refractivity contribution in [3.63, 3.8) is 0 Å². The molecule has 3 heteroatoms. The zero-order valence-electron chi connectivity index (χ0n) is 14.6. The molecular weight excluding hydrogens is 288 g/mol. The van der Waals surface area contributed by atoms with Crippen LogP contribution in [0, 0.1) is 35.0 Å². The average Bonchev–Trinajstić information content (AvgIpc) is 2.80. The number of hydrogen-bond donors (Lipinski definition) is 2. The lowest BCUT2D eigenvalue weighted by Crippen LogP contribution is -2.56. The number of carbonyl (C=O) groups is 1. The van der Waals surface area contributed by atoms with Gasteiger partial charge >= 0.3 is 0 Å². The van der Waals surface area contributed by atoms with Crippen LogP contribution < -0.4 is 0 Å². The highest BCUT2D eigenvalue weighted by molar-refractivity contribution is 5.86. The van der Waals surface area contributed by atoms with Gasteiger partial charge in [0.15, 0.2) is 5.78 Å². The second-order valence-corrected chi connectivity index (χ2v) is 9.31. The normalized spacial score (nSPS) is 55.7. The first-order chi connectivity index (χ1) is 10.9. The van der Waals surface area contributed by atoms with E-state index in [0.29, 0.717) is 18.3 Å². The van der Waals surface area contributed by atoms with E-state index in [0.717, 1.165) is 43.4 Å². The first kappa shape index (κ1) is 16.1. The number of hydrogen-bond acceptors (Lipinski definition) is 3. The van der Waals surface area contributed by atoms with Crippen molar-refractivity contribution in [1.82, 2.24) is 0 Å². The molecule has 0 unspecified atom stereocenters. The molecule has 0 heterocycles. The minimum Gasteiger partial charge on any atom is -0.393 e. The number of aliphatic hydroxyl groups is 2. The van der Waals surface area contributed by atoms with Crippen molar-refractivity contribution in [2.75, 3.05) is 0 Å². The van der Waals surface area contributed by atoms with Crippen molar-refractivity contribution in [3.05, 3.63) is 0 Å². The van der Waals surface area contributed by atoms with Gasteiger partial charge < -0.3 is 10.2 Å². The molecule has 8 atom stereocenters. The van der Waals surface area contributed by atoms with E-state index < -0.39 is 5.60 Å². The number of ketones is 1. The van der Waals surface area contributed by atoms with Gasteiger partial charge in [0.1, 0.15) is 5.60 Å². The van der Waals surface area contributed by atoms with Gasteiger partial charge in [-0.25, -0.2) is 0 Å². The monoisotopic (exact) mass is 320 g/mol. The van der Waals surface area contributed by atoms with Gasteiger partial charge in [-0.3, -0.25) is 4.79 Å². The Balaban J connectivity index is 1.60. The summed E-state index contributed by atoms with van der Waals surface area (Å²) in [7, 11) is 0. The zero-order valence-corrected chi connectivity index (χ0v) is 14.6. The Morgan fingerprint density at radius 1 is 0.957 bits per heavy atom. The number of rotatable bonds is 1. The molecule has 0 amide bonds. The maximum absolute atomic E-state index is 12.2. The molecule has 4 fully saturated rings. The Kier molecular flexibility index (Phi) is 3.70. The predicted octanol–water partition coefficient (Wildman–Crippen LogP) is 3.32. The molecule has 0 spiro atoms. The molecule has 0 saturated heterocycles. The highest BCUT2D eigenvalue weighted by Crippen LogP contribution is 2.65. The van der Waals surface area contributed by atoms with E-state index in [-0.39, 0.29) is 17.3 Å². The molecule has 0 aliphatic heterocycles. The van der Waals surface area contributed by atoms with Crippen LogP contribution in [0.1, 0.15) is 71.6 Å². The molecule has 0 aromatic carbocycles. The summed E-state index contributed by atoms with van der Waals surface area (Å²) >= 11 is 0. The van der Waals surface area contributed by atoms with Crippen LogP contribution in [-0.2, 0) is 4.79 Å². The van der Waals surface area contributed by atoms with E-state index in [1.54, 1.807) is 6.92 Å². The number of Topliss-reactive ketones (excluding diaryl/α,β-unsaturated/α-hetero) is 1.